The van der Waals surface area contributed by atoms with Crippen LogP contribution < -0.4 is 14.2 Å². The number of methoxy groups -OCH3 is 2. The van der Waals surface area contributed by atoms with Crippen molar-refractivity contribution in [3.63, 3.8) is 0 Å². The molecule has 0 bridgehead atoms. The fourth-order valence-electron chi connectivity index (χ4n) is 1.97. The second-order valence-electron chi connectivity index (χ2n) is 4.70. The van der Waals surface area contributed by atoms with E-state index >= 15 is 0 Å². The molecule has 5 heteroatoms. The predicted molar refractivity (Wildman–Crippen MR) is 88.0 cm³/mol. The van der Waals surface area contributed by atoms with Crippen LogP contribution in [-0.2, 0) is 4.79 Å². The van der Waals surface area contributed by atoms with Gasteiger partial charge < -0.3 is 19.3 Å². The van der Waals surface area contributed by atoms with Crippen molar-refractivity contribution in [3.05, 3.63) is 53.6 Å². The Morgan fingerprint density at radius 3 is 2.17 bits per heavy atom. The van der Waals surface area contributed by atoms with Gasteiger partial charge in [0, 0.05) is 0 Å². The average Bonchev–Trinajstić information content (AvgIpc) is 2.58. The third kappa shape index (κ3) is 4.78. The minimum Gasteiger partial charge on any atom is -0.493 e. The van der Waals surface area contributed by atoms with E-state index in [9.17, 15) is 4.79 Å². The van der Waals surface area contributed by atoms with Gasteiger partial charge in [-0.05, 0) is 35.4 Å². The quantitative estimate of drug-likeness (QED) is 0.794. The maximum absolute atomic E-state index is 10.4. The van der Waals surface area contributed by atoms with Crippen LogP contribution in [-0.4, -0.2) is 31.9 Å². The van der Waals surface area contributed by atoms with Gasteiger partial charge in [-0.1, -0.05) is 30.4 Å². The highest BCUT2D eigenvalue weighted by Crippen LogP contribution is 2.28. The van der Waals surface area contributed by atoms with E-state index in [0.29, 0.717) is 17.2 Å². The lowest BCUT2D eigenvalue weighted by atomic mass is 10.1. The average molecular weight is 314 g/mol. The summed E-state index contributed by atoms with van der Waals surface area (Å²) in [5.41, 5.74) is 1.95. The van der Waals surface area contributed by atoms with Crippen molar-refractivity contribution in [1.29, 1.82) is 0 Å². The van der Waals surface area contributed by atoms with Gasteiger partial charge >= 0.3 is 5.97 Å². The van der Waals surface area contributed by atoms with Crippen molar-refractivity contribution in [1.82, 2.24) is 0 Å². The van der Waals surface area contributed by atoms with Gasteiger partial charge in [-0.25, -0.2) is 4.79 Å². The van der Waals surface area contributed by atoms with Gasteiger partial charge in [0.2, 0.25) is 0 Å². The number of ether oxygens (including phenoxy) is 3. The van der Waals surface area contributed by atoms with E-state index in [0.717, 1.165) is 11.1 Å². The molecular formula is C18H18O5. The van der Waals surface area contributed by atoms with Crippen LogP contribution in [0.5, 0.6) is 17.2 Å². The Bertz CT molecular complexity index is 689. The minimum atomic E-state index is -0.998. The molecule has 0 atom stereocenters. The predicted octanol–water partition coefficient (Wildman–Crippen LogP) is 3.34. The number of carboxylic acid groups (broad SMARTS) is 1. The first-order valence-electron chi connectivity index (χ1n) is 6.97. The van der Waals surface area contributed by atoms with Crippen molar-refractivity contribution in [2.75, 3.05) is 20.8 Å². The summed E-state index contributed by atoms with van der Waals surface area (Å²) >= 11 is 0. The smallest absolute Gasteiger partial charge is 0.341 e. The molecule has 2 rings (SSSR count). The summed E-state index contributed by atoms with van der Waals surface area (Å²) < 4.78 is 15.6. The van der Waals surface area contributed by atoms with Crippen molar-refractivity contribution >= 4 is 18.1 Å². The largest absolute Gasteiger partial charge is 0.493 e. The van der Waals surface area contributed by atoms with Crippen LogP contribution in [0.2, 0.25) is 0 Å². The molecule has 0 aliphatic carbocycles. The fourth-order valence-corrected chi connectivity index (χ4v) is 1.97. The number of rotatable bonds is 7. The second kappa shape index (κ2) is 7.89. The number of carbonyl (C=O) groups is 1. The third-order valence-corrected chi connectivity index (χ3v) is 3.12. The van der Waals surface area contributed by atoms with Gasteiger partial charge in [-0.15, -0.1) is 0 Å². The molecule has 0 saturated heterocycles. The Morgan fingerprint density at radius 1 is 0.957 bits per heavy atom. The zero-order valence-electron chi connectivity index (χ0n) is 13.0. The van der Waals surface area contributed by atoms with Gasteiger partial charge in [-0.2, -0.15) is 0 Å². The molecule has 0 heterocycles. The van der Waals surface area contributed by atoms with Crippen LogP contribution >= 0.6 is 0 Å². The summed E-state index contributed by atoms with van der Waals surface area (Å²) in [4.78, 5) is 10.4. The second-order valence-corrected chi connectivity index (χ2v) is 4.70. The molecule has 0 aromatic heterocycles. The molecular weight excluding hydrogens is 296 g/mol. The molecule has 5 nitrogen and oxygen atoms in total. The molecule has 0 spiro atoms. The highest BCUT2D eigenvalue weighted by atomic mass is 16.5. The molecule has 0 radical (unpaired) electrons. The third-order valence-electron chi connectivity index (χ3n) is 3.12. The minimum absolute atomic E-state index is 0.346. The molecule has 120 valence electrons. The van der Waals surface area contributed by atoms with E-state index in [-0.39, 0.29) is 6.61 Å². The van der Waals surface area contributed by atoms with Crippen molar-refractivity contribution in [3.8, 4) is 17.2 Å². The molecule has 0 amide bonds. The van der Waals surface area contributed by atoms with E-state index in [1.807, 2.05) is 42.5 Å². The van der Waals surface area contributed by atoms with E-state index in [4.69, 9.17) is 19.3 Å². The van der Waals surface area contributed by atoms with Gasteiger partial charge in [0.05, 0.1) is 14.2 Å². The van der Waals surface area contributed by atoms with Gasteiger partial charge in [0.15, 0.2) is 18.1 Å². The summed E-state index contributed by atoms with van der Waals surface area (Å²) in [5.74, 6) is 0.884. The molecule has 23 heavy (non-hydrogen) atoms. The monoisotopic (exact) mass is 314 g/mol. The molecule has 1 N–H and O–H groups in total. The maximum Gasteiger partial charge on any atom is 0.341 e. The van der Waals surface area contributed by atoms with Gasteiger partial charge in [0.1, 0.15) is 5.75 Å². The Labute approximate surface area is 134 Å². The Hall–Kier alpha value is -2.95. The van der Waals surface area contributed by atoms with E-state index in [2.05, 4.69) is 0 Å². The normalized spacial score (nSPS) is 10.5. The zero-order valence-corrected chi connectivity index (χ0v) is 13.0. The first-order chi connectivity index (χ1) is 11.1. The lowest BCUT2D eigenvalue weighted by Gasteiger charge is -2.07. The van der Waals surface area contributed by atoms with Crippen molar-refractivity contribution in [2.24, 2.45) is 0 Å². The highest BCUT2D eigenvalue weighted by Gasteiger charge is 2.02. The number of hydrogen-bond acceptors (Lipinski definition) is 4. The topological polar surface area (TPSA) is 65.0 Å². The molecule has 0 aliphatic heterocycles. The highest BCUT2D eigenvalue weighted by molar-refractivity contribution is 5.71. The van der Waals surface area contributed by atoms with E-state index in [1.54, 1.807) is 26.4 Å². The van der Waals surface area contributed by atoms with E-state index in [1.165, 1.54) is 0 Å². The lowest BCUT2D eigenvalue weighted by Crippen LogP contribution is -2.09. The number of benzene rings is 2. The molecule has 2 aromatic carbocycles. The number of hydrogen-bond donors (Lipinski definition) is 1. The van der Waals surface area contributed by atoms with Crippen molar-refractivity contribution < 1.29 is 24.1 Å². The molecule has 0 saturated carbocycles. The molecule has 2 aromatic rings. The van der Waals surface area contributed by atoms with Gasteiger partial charge in [-0.3, -0.25) is 0 Å². The molecule has 0 unspecified atom stereocenters. The summed E-state index contributed by atoms with van der Waals surface area (Å²) in [6.45, 7) is -0.346. The molecule has 0 aliphatic rings. The molecule has 0 fully saturated rings. The lowest BCUT2D eigenvalue weighted by molar-refractivity contribution is -0.139. The maximum atomic E-state index is 10.4. The van der Waals surface area contributed by atoms with Crippen LogP contribution in [0, 0.1) is 0 Å². The van der Waals surface area contributed by atoms with Crippen LogP contribution in [0.25, 0.3) is 12.2 Å². The fraction of sp³-hybridized carbons (Fsp3) is 0.167. The SMILES string of the molecule is COc1ccc(/C=C/c2ccc(OCC(=O)O)cc2)cc1OC. The Balaban J connectivity index is 2.06. The van der Waals surface area contributed by atoms with Crippen molar-refractivity contribution in [2.45, 2.75) is 0 Å². The number of carboxylic acids is 1. The first-order valence-corrected chi connectivity index (χ1v) is 6.97. The zero-order chi connectivity index (χ0) is 16.7. The van der Waals surface area contributed by atoms with Crippen LogP contribution in [0.4, 0.5) is 0 Å². The summed E-state index contributed by atoms with van der Waals surface area (Å²) in [5, 5.41) is 8.56. The Kier molecular flexibility index (Phi) is 5.63. The van der Waals surface area contributed by atoms with E-state index < -0.39 is 5.97 Å². The van der Waals surface area contributed by atoms with Gasteiger partial charge in [0.25, 0.3) is 0 Å². The summed E-state index contributed by atoms with van der Waals surface area (Å²) in [7, 11) is 3.20. The first kappa shape index (κ1) is 16.4. The Morgan fingerprint density at radius 2 is 1.57 bits per heavy atom. The standard InChI is InChI=1S/C18H18O5/c1-21-16-10-7-14(11-17(16)22-2)4-3-13-5-8-15(9-6-13)23-12-18(19)20/h3-11H,12H2,1-2H3,(H,19,20)/b4-3+. The van der Waals surface area contributed by atoms with Crippen LogP contribution in [0.3, 0.4) is 0 Å². The van der Waals surface area contributed by atoms with Crippen LogP contribution in [0.1, 0.15) is 11.1 Å². The number of aliphatic carboxylic acids is 1. The summed E-state index contributed by atoms with van der Waals surface area (Å²) in [6, 6.07) is 12.8. The van der Waals surface area contributed by atoms with Crippen LogP contribution in [0.15, 0.2) is 42.5 Å². The summed E-state index contributed by atoms with van der Waals surface area (Å²) in [6.07, 6.45) is 3.90.